The van der Waals surface area contributed by atoms with Crippen LogP contribution in [0.5, 0.6) is 0 Å². The van der Waals surface area contributed by atoms with Gasteiger partial charge in [-0.05, 0) is 13.3 Å². The maximum absolute atomic E-state index is 10.6. The molecule has 0 unspecified atom stereocenters. The van der Waals surface area contributed by atoms with Gasteiger partial charge in [-0.2, -0.15) is 0 Å². The molecule has 0 atom stereocenters. The lowest BCUT2D eigenvalue weighted by atomic mass is 10.2. The second kappa shape index (κ2) is 6.05. The van der Waals surface area contributed by atoms with E-state index in [0.717, 1.165) is 0 Å². The van der Waals surface area contributed by atoms with Gasteiger partial charge in [0.1, 0.15) is 0 Å². The lowest BCUT2D eigenvalue weighted by Crippen LogP contribution is -2.33. The van der Waals surface area contributed by atoms with Gasteiger partial charge in [-0.25, -0.2) is 9.59 Å². The average molecular weight is 186 g/mol. The third-order valence-electron chi connectivity index (χ3n) is 1.44. The van der Waals surface area contributed by atoms with E-state index in [1.54, 1.807) is 6.08 Å². The number of urea groups is 1. The van der Waals surface area contributed by atoms with Gasteiger partial charge in [0.15, 0.2) is 0 Å². The van der Waals surface area contributed by atoms with E-state index in [9.17, 15) is 9.59 Å². The quantitative estimate of drug-likeness (QED) is 0.437. The van der Waals surface area contributed by atoms with Gasteiger partial charge in [-0.3, -0.25) is 0 Å². The molecule has 2 amide bonds. The Hall–Kier alpha value is -1.52. The van der Waals surface area contributed by atoms with Gasteiger partial charge in [0.05, 0.1) is 0 Å². The molecule has 0 aromatic carbocycles. The highest BCUT2D eigenvalue weighted by Crippen LogP contribution is 1.93. The first kappa shape index (κ1) is 11.5. The van der Waals surface area contributed by atoms with Gasteiger partial charge in [-0.1, -0.05) is 6.08 Å². The second-order valence-electron chi connectivity index (χ2n) is 2.49. The molecule has 3 N–H and O–H groups in total. The maximum Gasteiger partial charge on any atom is 0.330 e. The van der Waals surface area contributed by atoms with Crippen LogP contribution in [0.3, 0.4) is 0 Å². The van der Waals surface area contributed by atoms with Crippen molar-refractivity contribution < 1.29 is 14.7 Å². The SMILES string of the molecule is CNC(=O)NCC/C=C(\C)C(=O)O. The first-order chi connectivity index (χ1) is 6.07. The van der Waals surface area contributed by atoms with Crippen molar-refractivity contribution in [3.8, 4) is 0 Å². The van der Waals surface area contributed by atoms with Crippen LogP contribution in [0.1, 0.15) is 13.3 Å². The van der Waals surface area contributed by atoms with Gasteiger partial charge >= 0.3 is 12.0 Å². The first-order valence-electron chi connectivity index (χ1n) is 3.93. The average Bonchev–Trinajstić information content (AvgIpc) is 2.11. The highest BCUT2D eigenvalue weighted by atomic mass is 16.4. The number of hydrogen-bond acceptors (Lipinski definition) is 2. The topological polar surface area (TPSA) is 78.4 Å². The van der Waals surface area contributed by atoms with Crippen molar-refractivity contribution in [3.63, 3.8) is 0 Å². The lowest BCUT2D eigenvalue weighted by Gasteiger charge is -2.01. The van der Waals surface area contributed by atoms with Gasteiger partial charge in [0, 0.05) is 19.2 Å². The van der Waals surface area contributed by atoms with E-state index in [2.05, 4.69) is 10.6 Å². The predicted octanol–water partition coefficient (Wildman–Crippen LogP) is 0.336. The Labute approximate surface area is 76.8 Å². The molecule has 0 aliphatic heterocycles. The molecule has 0 saturated heterocycles. The van der Waals surface area contributed by atoms with Crippen molar-refractivity contribution in [1.29, 1.82) is 0 Å². The largest absolute Gasteiger partial charge is 0.478 e. The monoisotopic (exact) mass is 186 g/mol. The molecule has 74 valence electrons. The van der Waals surface area contributed by atoms with Crippen LogP contribution >= 0.6 is 0 Å². The summed E-state index contributed by atoms with van der Waals surface area (Å²) in [7, 11) is 1.52. The summed E-state index contributed by atoms with van der Waals surface area (Å²) in [4.78, 5) is 20.9. The third-order valence-corrected chi connectivity index (χ3v) is 1.44. The van der Waals surface area contributed by atoms with Gasteiger partial charge < -0.3 is 15.7 Å². The molecular formula is C8H14N2O3. The summed E-state index contributed by atoms with van der Waals surface area (Å²) >= 11 is 0. The minimum atomic E-state index is -0.931. The number of nitrogens with one attached hydrogen (secondary N) is 2. The van der Waals surface area contributed by atoms with Crippen molar-refractivity contribution in [2.75, 3.05) is 13.6 Å². The molecule has 0 heterocycles. The van der Waals surface area contributed by atoms with Crippen LogP contribution in [0.15, 0.2) is 11.6 Å². The highest BCUT2D eigenvalue weighted by Gasteiger charge is 1.98. The second-order valence-corrected chi connectivity index (χ2v) is 2.49. The molecule has 0 bridgehead atoms. The van der Waals surface area contributed by atoms with E-state index < -0.39 is 5.97 Å². The third kappa shape index (κ3) is 5.72. The van der Waals surface area contributed by atoms with E-state index in [4.69, 9.17) is 5.11 Å². The number of rotatable bonds is 4. The molecule has 13 heavy (non-hydrogen) atoms. The van der Waals surface area contributed by atoms with Crippen molar-refractivity contribution in [2.24, 2.45) is 0 Å². The molecule has 0 radical (unpaired) electrons. The van der Waals surface area contributed by atoms with Crippen LogP contribution in [0.4, 0.5) is 4.79 Å². The Balaban J connectivity index is 3.61. The van der Waals surface area contributed by atoms with Crippen LogP contribution < -0.4 is 10.6 Å². The number of carbonyl (C=O) groups is 2. The zero-order chi connectivity index (χ0) is 10.3. The van der Waals surface area contributed by atoms with Gasteiger partial charge in [0.2, 0.25) is 0 Å². The van der Waals surface area contributed by atoms with Crippen molar-refractivity contribution in [3.05, 3.63) is 11.6 Å². The van der Waals surface area contributed by atoms with Crippen LogP contribution in [0, 0.1) is 0 Å². The molecule has 0 fully saturated rings. The zero-order valence-corrected chi connectivity index (χ0v) is 7.76. The number of carboxylic acid groups (broad SMARTS) is 1. The molecule has 0 spiro atoms. The lowest BCUT2D eigenvalue weighted by molar-refractivity contribution is -0.132. The van der Waals surface area contributed by atoms with Crippen LogP contribution in [0.2, 0.25) is 0 Å². The molecule has 0 aromatic heterocycles. The first-order valence-corrected chi connectivity index (χ1v) is 3.93. The minimum absolute atomic E-state index is 0.263. The molecule has 0 aliphatic rings. The van der Waals surface area contributed by atoms with E-state index in [1.807, 2.05) is 0 Å². The van der Waals surface area contributed by atoms with Gasteiger partial charge in [-0.15, -0.1) is 0 Å². The zero-order valence-electron chi connectivity index (χ0n) is 7.76. The molecule has 5 heteroatoms. The summed E-state index contributed by atoms with van der Waals surface area (Å²) in [6.07, 6.45) is 2.09. The number of amides is 2. The smallest absolute Gasteiger partial charge is 0.330 e. The predicted molar refractivity (Wildman–Crippen MR) is 48.5 cm³/mol. The summed E-state index contributed by atoms with van der Waals surface area (Å²) in [6.45, 7) is 1.95. The summed E-state index contributed by atoms with van der Waals surface area (Å²) < 4.78 is 0. The molecule has 0 saturated carbocycles. The highest BCUT2D eigenvalue weighted by molar-refractivity contribution is 5.85. The van der Waals surface area contributed by atoms with E-state index >= 15 is 0 Å². The number of carboxylic acids is 1. The molecule has 0 aromatic rings. The Morgan fingerprint density at radius 2 is 2.08 bits per heavy atom. The summed E-state index contributed by atoms with van der Waals surface area (Å²) in [5.74, 6) is -0.931. The standard InChI is InChI=1S/C8H14N2O3/c1-6(7(11)12)4-3-5-10-8(13)9-2/h4H,3,5H2,1-2H3,(H,11,12)(H2,9,10,13)/b6-4+. The van der Waals surface area contributed by atoms with Crippen LogP contribution in [0.25, 0.3) is 0 Å². The summed E-state index contributed by atoms with van der Waals surface area (Å²) in [5, 5.41) is 13.4. The molecule has 0 aliphatic carbocycles. The van der Waals surface area contributed by atoms with Gasteiger partial charge in [0.25, 0.3) is 0 Å². The van der Waals surface area contributed by atoms with Crippen molar-refractivity contribution in [2.45, 2.75) is 13.3 Å². The molecule has 0 rings (SSSR count). The van der Waals surface area contributed by atoms with E-state index in [-0.39, 0.29) is 6.03 Å². The number of hydrogen-bond donors (Lipinski definition) is 3. The fourth-order valence-electron chi connectivity index (χ4n) is 0.650. The Kier molecular flexibility index (Phi) is 5.34. The molecular weight excluding hydrogens is 172 g/mol. The van der Waals surface area contributed by atoms with Crippen molar-refractivity contribution in [1.82, 2.24) is 10.6 Å². The van der Waals surface area contributed by atoms with Crippen LogP contribution in [-0.4, -0.2) is 30.7 Å². The molecule has 5 nitrogen and oxygen atoms in total. The van der Waals surface area contributed by atoms with Crippen LogP contribution in [-0.2, 0) is 4.79 Å². The van der Waals surface area contributed by atoms with Crippen molar-refractivity contribution >= 4 is 12.0 Å². The number of aliphatic carboxylic acids is 1. The minimum Gasteiger partial charge on any atom is -0.478 e. The Bertz CT molecular complexity index is 223. The van der Waals surface area contributed by atoms with E-state index in [1.165, 1.54) is 14.0 Å². The fourth-order valence-corrected chi connectivity index (χ4v) is 0.650. The fraction of sp³-hybridized carbons (Fsp3) is 0.500. The Morgan fingerprint density at radius 1 is 1.46 bits per heavy atom. The van der Waals surface area contributed by atoms with E-state index in [0.29, 0.717) is 18.5 Å². The summed E-state index contributed by atoms with van der Waals surface area (Å²) in [5.41, 5.74) is 0.290. The number of carbonyl (C=O) groups excluding carboxylic acids is 1. The Morgan fingerprint density at radius 3 is 2.54 bits per heavy atom. The summed E-state index contributed by atoms with van der Waals surface area (Å²) in [6, 6.07) is -0.263. The normalized spacial score (nSPS) is 10.8. The maximum atomic E-state index is 10.6.